The van der Waals surface area contributed by atoms with Crippen molar-refractivity contribution in [3.05, 3.63) is 0 Å². The Morgan fingerprint density at radius 1 is 0.701 bits per heavy atom. The number of carboxylic acids is 1. The second-order valence-electron chi connectivity index (χ2n) is 24.0. The number of aliphatic carboxylic acids is 1. The molecule has 0 aromatic rings. The number of ether oxygens (including phenoxy) is 7. The number of aliphatic hydroxyl groups excluding tert-OH is 8. The lowest BCUT2D eigenvalue weighted by atomic mass is 9.32. The van der Waals surface area contributed by atoms with Crippen LogP contribution in [0, 0.1) is 56.7 Å². The molecule has 10 N–H and O–H groups in total. The van der Waals surface area contributed by atoms with Gasteiger partial charge in [0.15, 0.2) is 25.0 Å². The summed E-state index contributed by atoms with van der Waals surface area (Å²) in [4.78, 5) is 26.2. The van der Waals surface area contributed by atoms with Gasteiger partial charge in [0, 0.05) is 12.3 Å². The van der Waals surface area contributed by atoms with Gasteiger partial charge in [-0.3, -0.25) is 4.79 Å². The van der Waals surface area contributed by atoms with Crippen LogP contribution in [0.5, 0.6) is 0 Å². The third-order valence-corrected chi connectivity index (χ3v) is 20.2. The zero-order valence-electron chi connectivity index (χ0n) is 39.9. The van der Waals surface area contributed by atoms with Crippen LogP contribution in [-0.4, -0.2) is 180 Å². The smallest absolute Gasteiger partial charge is 0.335 e. The van der Waals surface area contributed by atoms with Gasteiger partial charge >= 0.3 is 11.9 Å². The zero-order valence-corrected chi connectivity index (χ0v) is 39.9. The molecule has 2 bridgehead atoms. The van der Waals surface area contributed by atoms with Gasteiger partial charge < -0.3 is 84.2 Å². The number of hydrogen-bond donors (Lipinski definition) is 10. The van der Waals surface area contributed by atoms with E-state index in [9.17, 15) is 60.7 Å². The van der Waals surface area contributed by atoms with Gasteiger partial charge in [-0.15, -0.1) is 0 Å². The second kappa shape index (κ2) is 17.0. The van der Waals surface area contributed by atoms with Crippen molar-refractivity contribution in [1.82, 2.24) is 0 Å². The van der Waals surface area contributed by atoms with Gasteiger partial charge in [0.1, 0.15) is 67.1 Å². The Hall–Kier alpha value is -1.66. The maximum absolute atomic E-state index is 13.6. The monoisotopic (exact) mass is 956 g/mol. The highest BCUT2D eigenvalue weighted by Gasteiger charge is 2.77. The van der Waals surface area contributed by atoms with Crippen molar-refractivity contribution >= 4 is 11.9 Å². The van der Waals surface area contributed by atoms with Crippen LogP contribution in [0.1, 0.15) is 113 Å². The van der Waals surface area contributed by atoms with Gasteiger partial charge in [0.05, 0.1) is 29.8 Å². The van der Waals surface area contributed by atoms with E-state index < -0.39 is 127 Å². The van der Waals surface area contributed by atoms with Crippen molar-refractivity contribution in [2.45, 2.75) is 223 Å². The fourth-order valence-corrected chi connectivity index (χ4v) is 16.6. The molecule has 19 nitrogen and oxygen atoms in total. The molecule has 4 heterocycles. The molecule has 0 aromatic carbocycles. The van der Waals surface area contributed by atoms with Gasteiger partial charge in [-0.1, -0.05) is 34.6 Å². The molecule has 9 fully saturated rings. The first-order chi connectivity index (χ1) is 31.2. The second-order valence-corrected chi connectivity index (χ2v) is 24.0. The standard InChI is InChI=1S/C48H76O19/c1-19-28(50)35(65-39-31(53)30(52)29(51)22(18-49)62-39)33(55)40(61-19)66-36-32(54)37(38(57)58)67-41(34(36)56)64-25-12-13-45(6)23(43(25,2)3)11-14-47(8)24(45)10-9-20-26-27(44(4,5)60)21-17-48(26,42(59)63-21)16-15-46(20,47)7/h19-37,39-41,49-56,60H,9-18H2,1-8H3,(H,57,58). The summed E-state index contributed by atoms with van der Waals surface area (Å²) < 4.78 is 41.4. The molecule has 19 heteroatoms. The van der Waals surface area contributed by atoms with E-state index in [1.807, 2.05) is 13.8 Å². The van der Waals surface area contributed by atoms with Crippen molar-refractivity contribution < 1.29 is 93.8 Å². The van der Waals surface area contributed by atoms with E-state index in [1.54, 1.807) is 0 Å². The molecular formula is C48H76O19. The van der Waals surface area contributed by atoms with Crippen LogP contribution in [0.2, 0.25) is 0 Å². The summed E-state index contributed by atoms with van der Waals surface area (Å²) in [6, 6.07) is 0. The quantitative estimate of drug-likeness (QED) is 0.110. The molecule has 5 saturated carbocycles. The van der Waals surface area contributed by atoms with E-state index >= 15 is 0 Å². The van der Waals surface area contributed by atoms with E-state index in [0.717, 1.165) is 44.9 Å². The summed E-state index contributed by atoms with van der Waals surface area (Å²) in [7, 11) is 0. The molecule has 382 valence electrons. The highest BCUT2D eigenvalue weighted by atomic mass is 16.8. The highest BCUT2D eigenvalue weighted by molar-refractivity contribution is 5.81. The maximum Gasteiger partial charge on any atom is 0.335 e. The first-order valence-corrected chi connectivity index (χ1v) is 24.6. The van der Waals surface area contributed by atoms with Crippen LogP contribution >= 0.6 is 0 Å². The summed E-state index contributed by atoms with van der Waals surface area (Å²) >= 11 is 0. The van der Waals surface area contributed by atoms with Gasteiger partial charge in [-0.2, -0.15) is 0 Å². The zero-order chi connectivity index (χ0) is 48.9. The number of carbonyl (C=O) groups is 2. The Labute approximate surface area is 391 Å². The van der Waals surface area contributed by atoms with Gasteiger partial charge in [0.25, 0.3) is 0 Å². The predicted molar refractivity (Wildman–Crippen MR) is 229 cm³/mol. The van der Waals surface area contributed by atoms with Gasteiger partial charge in [0.2, 0.25) is 0 Å². The van der Waals surface area contributed by atoms with Crippen molar-refractivity contribution in [1.29, 1.82) is 0 Å². The molecule has 0 aromatic heterocycles. The minimum atomic E-state index is -2.00. The Kier molecular flexibility index (Phi) is 12.7. The van der Waals surface area contributed by atoms with Crippen LogP contribution in [0.15, 0.2) is 0 Å². The van der Waals surface area contributed by atoms with Crippen LogP contribution < -0.4 is 0 Å². The summed E-state index contributed by atoms with van der Waals surface area (Å²) in [6.45, 7) is 16.0. The number of rotatable bonds is 9. The summed E-state index contributed by atoms with van der Waals surface area (Å²) in [5.74, 6) is -0.945. The maximum atomic E-state index is 13.6. The summed E-state index contributed by atoms with van der Waals surface area (Å²) in [5.41, 5.74) is -2.30. The van der Waals surface area contributed by atoms with Crippen molar-refractivity contribution in [3.8, 4) is 0 Å². The first-order valence-electron chi connectivity index (χ1n) is 24.6. The first kappa shape index (κ1) is 50.3. The van der Waals surface area contributed by atoms with Crippen LogP contribution in [-0.2, 0) is 42.7 Å². The molecule has 1 spiro atoms. The molecule has 0 amide bonds. The number of aliphatic hydroxyl groups is 9. The van der Waals surface area contributed by atoms with E-state index in [0.29, 0.717) is 18.8 Å². The third-order valence-electron chi connectivity index (χ3n) is 20.2. The fraction of sp³-hybridized carbons (Fsp3) is 0.958. The average Bonchev–Trinajstić information content (AvgIpc) is 3.76. The van der Waals surface area contributed by atoms with E-state index in [-0.39, 0.29) is 52.0 Å². The lowest BCUT2D eigenvalue weighted by Crippen LogP contribution is -2.68. The van der Waals surface area contributed by atoms with Crippen molar-refractivity contribution in [3.63, 3.8) is 0 Å². The lowest BCUT2D eigenvalue weighted by molar-refractivity contribution is -0.380. The fourth-order valence-electron chi connectivity index (χ4n) is 16.6. The molecule has 9 aliphatic rings. The SMILES string of the molecule is CC1OC(OC2C(O)C(OC3CCC4(C)C(CCC5(C)C4CCC4C6C(C(C)(C)O)C7CC6(CCC45C)C(=O)O7)C3(C)C)OC(C(=O)O)C2O)C(O)C(OC2OC(CO)C(O)C(O)C2O)C1O. The Balaban J connectivity index is 0.916. The third kappa shape index (κ3) is 7.36. The number of fused-ring (bicyclic) bond motifs is 7. The minimum absolute atomic E-state index is 0.0541. The summed E-state index contributed by atoms with van der Waals surface area (Å²) in [6.07, 6.45) is -19.0. The van der Waals surface area contributed by atoms with E-state index in [4.69, 9.17) is 33.2 Å². The highest BCUT2D eigenvalue weighted by Crippen LogP contribution is 2.79. The van der Waals surface area contributed by atoms with Crippen LogP contribution in [0.25, 0.3) is 0 Å². The predicted octanol–water partition coefficient (Wildman–Crippen LogP) is 0.328. The molecule has 67 heavy (non-hydrogen) atoms. The lowest BCUT2D eigenvalue weighted by Gasteiger charge is -2.73. The molecule has 9 rings (SSSR count). The molecule has 26 unspecified atom stereocenters. The van der Waals surface area contributed by atoms with Crippen LogP contribution in [0.3, 0.4) is 0 Å². The molecule has 5 aliphatic carbocycles. The van der Waals surface area contributed by atoms with Gasteiger partial charge in [-0.05, 0) is 117 Å². The minimum Gasteiger partial charge on any atom is -0.479 e. The molecule has 0 radical (unpaired) electrons. The largest absolute Gasteiger partial charge is 0.479 e. The number of esters is 1. The molecular weight excluding hydrogens is 881 g/mol. The Morgan fingerprint density at radius 2 is 1.33 bits per heavy atom. The van der Waals surface area contributed by atoms with E-state index in [2.05, 4.69) is 34.6 Å². The topological polar surface area (TPSA) is 301 Å². The molecule has 26 atom stereocenters. The van der Waals surface area contributed by atoms with Gasteiger partial charge in [-0.25, -0.2) is 4.79 Å². The Morgan fingerprint density at radius 3 is 1.96 bits per heavy atom. The van der Waals surface area contributed by atoms with Crippen molar-refractivity contribution in [2.24, 2.45) is 56.7 Å². The molecule has 4 aliphatic heterocycles. The summed E-state index contributed by atoms with van der Waals surface area (Å²) in [5, 5.41) is 108. The Bertz CT molecular complexity index is 1880. The number of carbonyl (C=O) groups excluding carboxylic acids is 1. The normalized spacial score (nSPS) is 56.0. The molecule has 4 saturated heterocycles. The van der Waals surface area contributed by atoms with E-state index in [1.165, 1.54) is 6.92 Å². The average molecular weight is 957 g/mol. The van der Waals surface area contributed by atoms with Crippen LogP contribution in [0.4, 0.5) is 0 Å². The number of hydrogen-bond acceptors (Lipinski definition) is 18. The van der Waals surface area contributed by atoms with Crippen molar-refractivity contribution in [2.75, 3.05) is 6.61 Å². The number of carboxylic acid groups (broad SMARTS) is 1.